The van der Waals surface area contributed by atoms with Crippen molar-refractivity contribution in [2.75, 3.05) is 25.5 Å². The fraction of sp³-hybridized carbons (Fsp3) is 0.444. The van der Waals surface area contributed by atoms with Crippen LogP contribution in [0.25, 0.3) is 0 Å². The Morgan fingerprint density at radius 1 is 1.38 bits per heavy atom. The van der Waals surface area contributed by atoms with Gasteiger partial charge in [-0.15, -0.1) is 0 Å². The van der Waals surface area contributed by atoms with E-state index < -0.39 is 29.5 Å². The van der Waals surface area contributed by atoms with Crippen molar-refractivity contribution in [3.05, 3.63) is 42.0 Å². The van der Waals surface area contributed by atoms with E-state index in [2.05, 4.69) is 0 Å². The molecule has 3 heterocycles. The summed E-state index contributed by atoms with van der Waals surface area (Å²) in [5.41, 5.74) is 1.36. The number of carboxylic acid groups (broad SMARTS) is 1. The summed E-state index contributed by atoms with van der Waals surface area (Å²) in [6.45, 7) is 0.891. The average molecular weight is 328 g/mol. The van der Waals surface area contributed by atoms with Crippen molar-refractivity contribution in [3.63, 3.8) is 0 Å². The highest BCUT2D eigenvalue weighted by molar-refractivity contribution is 5.90. The number of rotatable bonds is 4. The standard InChI is InChI=1S/C18H20N2O4/c1-19(2)12-5-3-11(4-6-12)9-20-10-18-8-7-13(24-18)14(17(22)23)15(18)16(20)21/h3-8,13-15H,9-10H2,1-2H3,(H,22,23)/t13-,14-,15+,18-/m1/s1. The number of ether oxygens (including phenoxy) is 1. The fourth-order valence-electron chi connectivity index (χ4n) is 4.11. The van der Waals surface area contributed by atoms with Gasteiger partial charge in [0.25, 0.3) is 0 Å². The van der Waals surface area contributed by atoms with E-state index in [0.29, 0.717) is 13.1 Å². The number of carbonyl (C=O) groups is 2. The molecule has 4 atom stereocenters. The van der Waals surface area contributed by atoms with Gasteiger partial charge in [0, 0.05) is 26.3 Å². The molecular formula is C18H20N2O4. The summed E-state index contributed by atoms with van der Waals surface area (Å²) < 4.78 is 5.89. The van der Waals surface area contributed by atoms with Gasteiger partial charge in [-0.25, -0.2) is 0 Å². The molecule has 0 aromatic heterocycles. The number of fused-ring (bicyclic) bond motifs is 1. The van der Waals surface area contributed by atoms with E-state index in [1.165, 1.54) is 0 Å². The summed E-state index contributed by atoms with van der Waals surface area (Å²) in [7, 11) is 3.96. The molecule has 126 valence electrons. The molecule has 6 nitrogen and oxygen atoms in total. The van der Waals surface area contributed by atoms with Gasteiger partial charge in [-0.05, 0) is 17.7 Å². The molecule has 2 bridgehead atoms. The number of anilines is 1. The Balaban J connectivity index is 1.55. The number of carbonyl (C=O) groups excluding carboxylic acids is 1. The molecule has 1 aromatic rings. The van der Waals surface area contributed by atoms with Crippen LogP contribution in [0.15, 0.2) is 36.4 Å². The van der Waals surface area contributed by atoms with Crippen LogP contribution in [0.2, 0.25) is 0 Å². The van der Waals surface area contributed by atoms with Crippen LogP contribution >= 0.6 is 0 Å². The molecule has 1 spiro atoms. The molecule has 4 rings (SSSR count). The van der Waals surface area contributed by atoms with Crippen molar-refractivity contribution in [3.8, 4) is 0 Å². The van der Waals surface area contributed by atoms with Gasteiger partial charge in [0.1, 0.15) is 11.5 Å². The summed E-state index contributed by atoms with van der Waals surface area (Å²) in [4.78, 5) is 28.1. The molecule has 3 aliphatic rings. The van der Waals surface area contributed by atoms with Crippen molar-refractivity contribution in [1.29, 1.82) is 0 Å². The summed E-state index contributed by atoms with van der Waals surface area (Å²) in [6, 6.07) is 8.02. The van der Waals surface area contributed by atoms with Crippen LogP contribution in [-0.4, -0.2) is 54.2 Å². The van der Waals surface area contributed by atoms with Crippen LogP contribution in [0, 0.1) is 11.8 Å². The smallest absolute Gasteiger partial charge is 0.310 e. The van der Waals surface area contributed by atoms with Crippen molar-refractivity contribution in [2.45, 2.75) is 18.2 Å². The molecule has 6 heteroatoms. The molecule has 2 fully saturated rings. The normalized spacial score (nSPS) is 33.2. The third-order valence-corrected chi connectivity index (χ3v) is 5.29. The maximum atomic E-state index is 12.8. The first kappa shape index (κ1) is 15.2. The van der Waals surface area contributed by atoms with E-state index in [4.69, 9.17) is 4.74 Å². The summed E-state index contributed by atoms with van der Waals surface area (Å²) >= 11 is 0. The molecule has 1 N–H and O–H groups in total. The molecule has 0 radical (unpaired) electrons. The highest BCUT2D eigenvalue weighted by Gasteiger charge is 2.66. The maximum Gasteiger partial charge on any atom is 0.310 e. The van der Waals surface area contributed by atoms with E-state index in [9.17, 15) is 14.7 Å². The van der Waals surface area contributed by atoms with Crippen LogP contribution < -0.4 is 4.90 Å². The monoisotopic (exact) mass is 328 g/mol. The van der Waals surface area contributed by atoms with Gasteiger partial charge in [0.2, 0.25) is 5.91 Å². The summed E-state index contributed by atoms with van der Waals surface area (Å²) in [5.74, 6) is -2.46. The number of nitrogens with zero attached hydrogens (tertiary/aromatic N) is 2. The Kier molecular flexibility index (Phi) is 3.22. The fourth-order valence-corrected chi connectivity index (χ4v) is 4.11. The number of hydrogen-bond donors (Lipinski definition) is 1. The molecule has 0 unspecified atom stereocenters. The van der Waals surface area contributed by atoms with Gasteiger partial charge in [0.05, 0.1) is 18.6 Å². The third-order valence-electron chi connectivity index (χ3n) is 5.29. The highest BCUT2D eigenvalue weighted by atomic mass is 16.5. The number of aliphatic carboxylic acids is 1. The molecule has 0 aliphatic carbocycles. The van der Waals surface area contributed by atoms with Crippen LogP contribution in [0.3, 0.4) is 0 Å². The van der Waals surface area contributed by atoms with Crippen LogP contribution in [0.5, 0.6) is 0 Å². The summed E-state index contributed by atoms with van der Waals surface area (Å²) in [5, 5.41) is 9.47. The molecular weight excluding hydrogens is 308 g/mol. The Bertz CT molecular complexity index is 727. The molecule has 0 saturated carbocycles. The lowest BCUT2D eigenvalue weighted by Crippen LogP contribution is -2.39. The van der Waals surface area contributed by atoms with Crippen LogP contribution in [0.1, 0.15) is 5.56 Å². The Hall–Kier alpha value is -2.34. The Morgan fingerprint density at radius 3 is 2.71 bits per heavy atom. The lowest BCUT2D eigenvalue weighted by molar-refractivity contribution is -0.148. The second-order valence-electron chi connectivity index (χ2n) is 6.99. The van der Waals surface area contributed by atoms with E-state index >= 15 is 0 Å². The average Bonchev–Trinajstić information content (AvgIpc) is 3.16. The maximum absolute atomic E-state index is 12.8. The first-order valence-corrected chi connectivity index (χ1v) is 8.06. The predicted octanol–water partition coefficient (Wildman–Crippen LogP) is 1.12. The highest BCUT2D eigenvalue weighted by Crippen LogP contribution is 2.52. The van der Waals surface area contributed by atoms with E-state index in [0.717, 1.165) is 11.3 Å². The van der Waals surface area contributed by atoms with Gasteiger partial charge in [-0.2, -0.15) is 0 Å². The number of benzene rings is 1. The lowest BCUT2D eigenvalue weighted by Gasteiger charge is -2.21. The molecule has 1 aromatic carbocycles. The number of hydrogen-bond acceptors (Lipinski definition) is 4. The quantitative estimate of drug-likeness (QED) is 0.839. The number of amides is 1. The minimum atomic E-state index is -0.957. The number of likely N-dealkylation sites (tertiary alicyclic amines) is 1. The first-order chi connectivity index (χ1) is 11.4. The number of carboxylic acids is 1. The Morgan fingerprint density at radius 2 is 2.08 bits per heavy atom. The zero-order chi connectivity index (χ0) is 17.1. The molecule has 1 amide bonds. The van der Waals surface area contributed by atoms with Gasteiger partial charge in [-0.1, -0.05) is 24.3 Å². The zero-order valence-corrected chi connectivity index (χ0v) is 13.7. The second-order valence-corrected chi connectivity index (χ2v) is 6.99. The lowest BCUT2D eigenvalue weighted by atomic mass is 9.77. The van der Waals surface area contributed by atoms with Gasteiger partial charge in [0.15, 0.2) is 0 Å². The zero-order valence-electron chi connectivity index (χ0n) is 13.7. The minimum Gasteiger partial charge on any atom is -0.481 e. The second kappa shape index (κ2) is 5.08. The molecule has 3 aliphatic heterocycles. The predicted molar refractivity (Wildman–Crippen MR) is 87.5 cm³/mol. The van der Waals surface area contributed by atoms with Gasteiger partial charge >= 0.3 is 5.97 Å². The molecule has 24 heavy (non-hydrogen) atoms. The van der Waals surface area contributed by atoms with E-state index in [1.54, 1.807) is 11.0 Å². The van der Waals surface area contributed by atoms with E-state index in [-0.39, 0.29) is 5.91 Å². The minimum absolute atomic E-state index is 0.120. The van der Waals surface area contributed by atoms with Crippen molar-refractivity contribution < 1.29 is 19.4 Å². The van der Waals surface area contributed by atoms with Gasteiger partial charge in [-0.3, -0.25) is 9.59 Å². The SMILES string of the molecule is CN(C)c1ccc(CN2C[C@@]34C=C[C@@H](O3)[C@@H](C(=O)O)[C@H]4C2=O)cc1. The first-order valence-electron chi connectivity index (χ1n) is 8.06. The largest absolute Gasteiger partial charge is 0.481 e. The van der Waals surface area contributed by atoms with E-state index in [1.807, 2.05) is 49.3 Å². The van der Waals surface area contributed by atoms with Crippen LogP contribution in [0.4, 0.5) is 5.69 Å². The van der Waals surface area contributed by atoms with Crippen molar-refractivity contribution >= 4 is 17.6 Å². The summed E-state index contributed by atoms with van der Waals surface area (Å²) in [6.07, 6.45) is 3.20. The van der Waals surface area contributed by atoms with Crippen molar-refractivity contribution in [2.24, 2.45) is 11.8 Å². The van der Waals surface area contributed by atoms with Crippen LogP contribution in [-0.2, 0) is 20.9 Å². The van der Waals surface area contributed by atoms with Gasteiger partial charge < -0.3 is 19.6 Å². The third kappa shape index (κ3) is 2.06. The topological polar surface area (TPSA) is 70.1 Å². The molecule has 2 saturated heterocycles. The van der Waals surface area contributed by atoms with Crippen molar-refractivity contribution in [1.82, 2.24) is 4.90 Å². The Labute approximate surface area is 140 Å².